The van der Waals surface area contributed by atoms with Crippen molar-refractivity contribution in [2.24, 2.45) is 4.99 Å². The Morgan fingerprint density at radius 1 is 1.38 bits per heavy atom. The first kappa shape index (κ1) is 8.24. The lowest BCUT2D eigenvalue weighted by Gasteiger charge is -2.16. The number of hydrogen-bond acceptors (Lipinski definition) is 1. The number of benzene rings is 1. The number of hydrogen-bond donors (Lipinski definition) is 0. The molecule has 0 bridgehead atoms. The Hall–Kier alpha value is -1.37. The third kappa shape index (κ3) is 1.42. The maximum atomic E-state index is 4.49. The summed E-state index contributed by atoms with van der Waals surface area (Å²) < 4.78 is 0. The average molecular weight is 171 g/mol. The molecule has 1 aliphatic rings. The predicted octanol–water partition coefficient (Wildman–Crippen LogP) is 2.61. The van der Waals surface area contributed by atoms with Gasteiger partial charge in [-0.05, 0) is 24.5 Å². The molecule has 0 amide bonds. The molecule has 1 aromatic rings. The summed E-state index contributed by atoms with van der Waals surface area (Å²) in [5, 5.41) is 0. The van der Waals surface area contributed by atoms with E-state index in [-0.39, 0.29) is 0 Å². The predicted molar refractivity (Wildman–Crippen MR) is 56.4 cm³/mol. The van der Waals surface area contributed by atoms with Crippen LogP contribution in [-0.4, -0.2) is 12.3 Å². The normalized spacial score (nSPS) is 14.7. The second-order valence-electron chi connectivity index (χ2n) is 3.42. The van der Waals surface area contributed by atoms with Crippen LogP contribution in [0.3, 0.4) is 0 Å². The van der Waals surface area contributed by atoms with Gasteiger partial charge < -0.3 is 0 Å². The second-order valence-corrected chi connectivity index (χ2v) is 3.42. The Bertz CT molecular complexity index is 374. The van der Waals surface area contributed by atoms with Gasteiger partial charge in [0.25, 0.3) is 0 Å². The van der Waals surface area contributed by atoms with Gasteiger partial charge in [-0.15, -0.1) is 0 Å². The highest BCUT2D eigenvalue weighted by Crippen LogP contribution is 2.18. The number of fused-ring (bicyclic) bond motifs is 1. The van der Waals surface area contributed by atoms with Gasteiger partial charge in [0.05, 0.1) is 5.71 Å². The van der Waals surface area contributed by atoms with Crippen molar-refractivity contribution in [3.05, 3.63) is 47.5 Å². The zero-order valence-electron chi connectivity index (χ0n) is 7.88. The average Bonchev–Trinajstić information content (AvgIpc) is 2.17. The minimum atomic E-state index is 0.902. The standard InChI is InChI=1S/C12H13N/c1-9(2)12-11-6-4-3-5-10(11)7-8-13-12/h3-6H,1,7-8H2,2H3. The fourth-order valence-corrected chi connectivity index (χ4v) is 1.71. The fourth-order valence-electron chi connectivity index (χ4n) is 1.71. The van der Waals surface area contributed by atoms with Gasteiger partial charge in [-0.3, -0.25) is 4.99 Å². The van der Waals surface area contributed by atoms with Gasteiger partial charge in [0.1, 0.15) is 0 Å². The Morgan fingerprint density at radius 2 is 2.15 bits per heavy atom. The topological polar surface area (TPSA) is 12.4 Å². The van der Waals surface area contributed by atoms with Gasteiger partial charge in [-0.2, -0.15) is 0 Å². The highest BCUT2D eigenvalue weighted by atomic mass is 14.7. The van der Waals surface area contributed by atoms with E-state index < -0.39 is 0 Å². The van der Waals surface area contributed by atoms with Gasteiger partial charge in [-0.25, -0.2) is 0 Å². The fraction of sp³-hybridized carbons (Fsp3) is 0.250. The molecule has 0 aliphatic carbocycles. The van der Waals surface area contributed by atoms with Gasteiger partial charge in [0.2, 0.25) is 0 Å². The lowest BCUT2D eigenvalue weighted by molar-refractivity contribution is 0.943. The Morgan fingerprint density at radius 3 is 2.92 bits per heavy atom. The van der Waals surface area contributed by atoms with E-state index in [4.69, 9.17) is 0 Å². The summed E-state index contributed by atoms with van der Waals surface area (Å²) in [6.07, 6.45) is 1.06. The van der Waals surface area contributed by atoms with Crippen LogP contribution in [0.1, 0.15) is 18.1 Å². The van der Waals surface area contributed by atoms with Gasteiger partial charge in [0, 0.05) is 12.1 Å². The Labute approximate surface area is 78.8 Å². The van der Waals surface area contributed by atoms with E-state index >= 15 is 0 Å². The number of allylic oxidation sites excluding steroid dienone is 1. The van der Waals surface area contributed by atoms with Crippen molar-refractivity contribution in [1.29, 1.82) is 0 Å². The number of rotatable bonds is 1. The molecule has 0 N–H and O–H groups in total. The van der Waals surface area contributed by atoms with Crippen molar-refractivity contribution in [3.63, 3.8) is 0 Å². The second kappa shape index (κ2) is 3.17. The lowest BCUT2D eigenvalue weighted by Crippen LogP contribution is -2.13. The first-order chi connectivity index (χ1) is 6.29. The van der Waals surface area contributed by atoms with E-state index in [1.54, 1.807) is 0 Å². The number of aliphatic imine (C=N–C) groups is 1. The van der Waals surface area contributed by atoms with E-state index in [9.17, 15) is 0 Å². The van der Waals surface area contributed by atoms with Gasteiger partial charge in [0.15, 0.2) is 0 Å². The quantitative estimate of drug-likeness (QED) is 0.616. The van der Waals surface area contributed by atoms with E-state index in [2.05, 4.69) is 35.8 Å². The van der Waals surface area contributed by atoms with Crippen LogP contribution in [0.2, 0.25) is 0 Å². The SMILES string of the molecule is C=C(C)C1=NCCc2ccccc21. The molecular weight excluding hydrogens is 158 g/mol. The molecule has 1 aromatic carbocycles. The van der Waals surface area contributed by atoms with E-state index in [0.717, 1.165) is 24.3 Å². The van der Waals surface area contributed by atoms with Crippen LogP contribution in [0.5, 0.6) is 0 Å². The van der Waals surface area contributed by atoms with Crippen molar-refractivity contribution in [1.82, 2.24) is 0 Å². The Kier molecular flexibility index (Phi) is 2.01. The number of nitrogens with zero attached hydrogens (tertiary/aromatic N) is 1. The summed E-state index contributed by atoms with van der Waals surface area (Å²) in [7, 11) is 0. The van der Waals surface area contributed by atoms with Gasteiger partial charge >= 0.3 is 0 Å². The summed E-state index contributed by atoms with van der Waals surface area (Å²) >= 11 is 0. The summed E-state index contributed by atoms with van der Waals surface area (Å²) in [6, 6.07) is 8.44. The zero-order valence-corrected chi connectivity index (χ0v) is 7.88. The van der Waals surface area contributed by atoms with Crippen LogP contribution in [0.15, 0.2) is 41.4 Å². The van der Waals surface area contributed by atoms with Crippen molar-refractivity contribution >= 4 is 5.71 Å². The molecule has 1 heterocycles. The van der Waals surface area contributed by atoms with Crippen LogP contribution in [0.25, 0.3) is 0 Å². The molecule has 0 radical (unpaired) electrons. The van der Waals surface area contributed by atoms with Crippen molar-refractivity contribution < 1.29 is 0 Å². The zero-order chi connectivity index (χ0) is 9.26. The van der Waals surface area contributed by atoms with Crippen LogP contribution < -0.4 is 0 Å². The lowest BCUT2D eigenvalue weighted by atomic mass is 9.95. The van der Waals surface area contributed by atoms with Gasteiger partial charge in [-0.1, -0.05) is 30.8 Å². The molecule has 1 nitrogen and oxygen atoms in total. The molecule has 1 heteroatoms. The molecule has 0 spiro atoms. The van der Waals surface area contributed by atoms with Crippen molar-refractivity contribution in [2.45, 2.75) is 13.3 Å². The van der Waals surface area contributed by atoms with Crippen LogP contribution in [0.4, 0.5) is 0 Å². The summed E-state index contributed by atoms with van der Waals surface area (Å²) in [4.78, 5) is 4.49. The van der Waals surface area contributed by atoms with E-state index in [1.807, 2.05) is 6.92 Å². The highest BCUT2D eigenvalue weighted by Gasteiger charge is 2.12. The highest BCUT2D eigenvalue weighted by molar-refractivity contribution is 6.13. The summed E-state index contributed by atoms with van der Waals surface area (Å²) in [5.41, 5.74) is 4.81. The maximum absolute atomic E-state index is 4.49. The van der Waals surface area contributed by atoms with Crippen molar-refractivity contribution in [2.75, 3.05) is 6.54 Å². The largest absolute Gasteiger partial charge is 0.284 e. The maximum Gasteiger partial charge on any atom is 0.0672 e. The minimum absolute atomic E-state index is 0.902. The van der Waals surface area contributed by atoms with Crippen LogP contribution >= 0.6 is 0 Å². The third-order valence-corrected chi connectivity index (χ3v) is 2.33. The molecule has 0 unspecified atom stereocenters. The first-order valence-corrected chi connectivity index (χ1v) is 4.57. The van der Waals surface area contributed by atoms with Crippen LogP contribution in [-0.2, 0) is 6.42 Å². The molecule has 0 fully saturated rings. The Balaban J connectivity index is 2.53. The minimum Gasteiger partial charge on any atom is -0.284 e. The first-order valence-electron chi connectivity index (χ1n) is 4.57. The van der Waals surface area contributed by atoms with E-state index in [0.29, 0.717) is 0 Å². The molecule has 1 aliphatic heterocycles. The molecule has 13 heavy (non-hydrogen) atoms. The molecule has 66 valence electrons. The molecule has 0 saturated heterocycles. The monoisotopic (exact) mass is 171 g/mol. The summed E-state index contributed by atoms with van der Waals surface area (Å²) in [5.74, 6) is 0. The van der Waals surface area contributed by atoms with Crippen molar-refractivity contribution in [3.8, 4) is 0 Å². The molecular formula is C12H13N. The smallest absolute Gasteiger partial charge is 0.0672 e. The molecule has 0 atom stereocenters. The molecule has 0 saturated carbocycles. The summed E-state index contributed by atoms with van der Waals surface area (Å²) in [6.45, 7) is 6.86. The van der Waals surface area contributed by atoms with E-state index in [1.165, 1.54) is 11.1 Å². The van der Waals surface area contributed by atoms with Crippen LogP contribution in [0, 0.1) is 0 Å². The molecule has 0 aromatic heterocycles. The molecule has 2 rings (SSSR count). The third-order valence-electron chi connectivity index (χ3n) is 2.33.